The standard InChI is InChI=1S/C28H32N2O5/c1-18(15-26(31)30-20-8-6-7-19(16-20)27(32)33)13-14-29-28(34)35-17-25-23-11-4-2-9-21(23)22-10-3-5-12-24(22)25/h2-6,8-12,18-20,25H,7,13-17H2,1H3,(H,29,34)(H,30,31)(H,32,33). The Hall–Kier alpha value is -3.61. The van der Waals surface area contributed by atoms with E-state index in [1.807, 2.05) is 43.3 Å². The van der Waals surface area contributed by atoms with Gasteiger partial charge in [-0.2, -0.15) is 0 Å². The van der Waals surface area contributed by atoms with Crippen molar-refractivity contribution in [3.05, 3.63) is 71.8 Å². The Morgan fingerprint density at radius 1 is 1.06 bits per heavy atom. The van der Waals surface area contributed by atoms with Crippen LogP contribution < -0.4 is 10.6 Å². The molecule has 3 N–H and O–H groups in total. The highest BCUT2D eigenvalue weighted by Gasteiger charge is 2.29. The first-order valence-electron chi connectivity index (χ1n) is 12.2. The van der Waals surface area contributed by atoms with Crippen LogP contribution in [0.4, 0.5) is 4.79 Å². The molecule has 2 aromatic rings. The Balaban J connectivity index is 1.17. The van der Waals surface area contributed by atoms with Crippen molar-refractivity contribution in [2.24, 2.45) is 11.8 Å². The van der Waals surface area contributed by atoms with Gasteiger partial charge in [-0.15, -0.1) is 0 Å². The first kappa shape index (κ1) is 24.5. The van der Waals surface area contributed by atoms with Crippen LogP contribution in [-0.2, 0) is 14.3 Å². The van der Waals surface area contributed by atoms with Gasteiger partial charge in [0, 0.05) is 24.9 Å². The average Bonchev–Trinajstić information content (AvgIpc) is 3.16. The van der Waals surface area contributed by atoms with Crippen molar-refractivity contribution >= 4 is 18.0 Å². The van der Waals surface area contributed by atoms with Gasteiger partial charge in [0.25, 0.3) is 0 Å². The van der Waals surface area contributed by atoms with Gasteiger partial charge in [-0.1, -0.05) is 67.6 Å². The summed E-state index contributed by atoms with van der Waals surface area (Å²) in [6.45, 7) is 2.63. The summed E-state index contributed by atoms with van der Waals surface area (Å²) >= 11 is 0. The molecule has 2 amide bonds. The molecule has 2 aromatic carbocycles. The smallest absolute Gasteiger partial charge is 0.407 e. The molecule has 7 heteroatoms. The number of alkyl carbamates (subject to hydrolysis) is 1. The van der Waals surface area contributed by atoms with Crippen LogP contribution in [-0.4, -0.2) is 42.3 Å². The molecule has 0 fully saturated rings. The number of ether oxygens (including phenoxy) is 1. The highest BCUT2D eigenvalue weighted by molar-refractivity contribution is 5.79. The monoisotopic (exact) mass is 476 g/mol. The van der Waals surface area contributed by atoms with Crippen LogP contribution in [0, 0.1) is 11.8 Å². The van der Waals surface area contributed by atoms with Gasteiger partial charge in [0.15, 0.2) is 0 Å². The second kappa shape index (κ2) is 11.2. The summed E-state index contributed by atoms with van der Waals surface area (Å²) in [6.07, 6.45) is 5.07. The molecule has 3 unspecified atom stereocenters. The number of allylic oxidation sites excluding steroid dienone is 1. The normalized spacial score (nSPS) is 19.3. The zero-order chi connectivity index (χ0) is 24.8. The van der Waals surface area contributed by atoms with E-state index in [9.17, 15) is 19.5 Å². The van der Waals surface area contributed by atoms with Crippen molar-refractivity contribution < 1.29 is 24.2 Å². The summed E-state index contributed by atoms with van der Waals surface area (Å²) in [4.78, 5) is 35.8. The van der Waals surface area contributed by atoms with E-state index in [4.69, 9.17) is 4.74 Å². The predicted molar refractivity (Wildman–Crippen MR) is 133 cm³/mol. The topological polar surface area (TPSA) is 105 Å². The number of carboxylic acid groups (broad SMARTS) is 1. The summed E-state index contributed by atoms with van der Waals surface area (Å²) in [7, 11) is 0. The summed E-state index contributed by atoms with van der Waals surface area (Å²) < 4.78 is 5.55. The Morgan fingerprint density at radius 3 is 2.37 bits per heavy atom. The van der Waals surface area contributed by atoms with E-state index in [1.165, 1.54) is 22.3 Å². The summed E-state index contributed by atoms with van der Waals surface area (Å²) in [5, 5.41) is 14.9. The van der Waals surface area contributed by atoms with Crippen molar-refractivity contribution in [1.29, 1.82) is 0 Å². The number of fused-ring (bicyclic) bond motifs is 3. The highest BCUT2D eigenvalue weighted by atomic mass is 16.5. The van der Waals surface area contributed by atoms with E-state index in [2.05, 4.69) is 34.9 Å². The molecule has 35 heavy (non-hydrogen) atoms. The van der Waals surface area contributed by atoms with Crippen LogP contribution in [0.1, 0.15) is 49.7 Å². The van der Waals surface area contributed by atoms with Crippen molar-refractivity contribution in [3.8, 4) is 11.1 Å². The highest BCUT2D eigenvalue weighted by Crippen LogP contribution is 2.44. The number of carbonyl (C=O) groups is 3. The number of aliphatic carboxylic acids is 1. The molecule has 2 aliphatic carbocycles. The van der Waals surface area contributed by atoms with E-state index < -0.39 is 18.0 Å². The molecule has 0 aliphatic heterocycles. The van der Waals surface area contributed by atoms with Crippen molar-refractivity contribution in [2.45, 2.75) is 44.6 Å². The van der Waals surface area contributed by atoms with Crippen molar-refractivity contribution in [2.75, 3.05) is 13.2 Å². The van der Waals surface area contributed by atoms with Gasteiger partial charge in [0.1, 0.15) is 6.61 Å². The fourth-order valence-corrected chi connectivity index (χ4v) is 4.95. The molecule has 0 spiro atoms. The number of carboxylic acids is 1. The lowest BCUT2D eigenvalue weighted by molar-refractivity contribution is -0.142. The van der Waals surface area contributed by atoms with E-state index in [0.29, 0.717) is 32.2 Å². The minimum atomic E-state index is -0.832. The minimum absolute atomic E-state index is 0.0188. The quantitative estimate of drug-likeness (QED) is 0.463. The number of nitrogens with one attached hydrogen (secondary N) is 2. The summed E-state index contributed by atoms with van der Waals surface area (Å²) in [5.41, 5.74) is 4.71. The molecule has 7 nitrogen and oxygen atoms in total. The van der Waals surface area contributed by atoms with Gasteiger partial charge in [-0.3, -0.25) is 9.59 Å². The third-order valence-electron chi connectivity index (χ3n) is 6.81. The average molecular weight is 477 g/mol. The molecular formula is C28H32N2O5. The van der Waals surface area contributed by atoms with Crippen LogP contribution in [0.15, 0.2) is 60.7 Å². The fraction of sp³-hybridized carbons (Fsp3) is 0.393. The maximum atomic E-state index is 12.3. The number of benzene rings is 2. The van der Waals surface area contributed by atoms with Gasteiger partial charge >= 0.3 is 12.1 Å². The SMILES string of the molecule is CC(CCNC(=O)OCC1c2ccccc2-c2ccccc21)CC(=O)NC1C=CCC(C(=O)O)C1. The van der Waals surface area contributed by atoms with E-state index >= 15 is 0 Å². The lowest BCUT2D eigenvalue weighted by atomic mass is 9.91. The third-order valence-corrected chi connectivity index (χ3v) is 6.81. The molecular weight excluding hydrogens is 444 g/mol. The molecule has 0 heterocycles. The lowest BCUT2D eigenvalue weighted by Gasteiger charge is -2.23. The summed E-state index contributed by atoms with van der Waals surface area (Å²) in [6, 6.07) is 16.2. The maximum absolute atomic E-state index is 12.3. The number of amides is 2. The van der Waals surface area contributed by atoms with Gasteiger partial charge in [0.05, 0.1) is 5.92 Å². The van der Waals surface area contributed by atoms with E-state index in [-0.39, 0.29) is 30.4 Å². The maximum Gasteiger partial charge on any atom is 0.407 e. The van der Waals surface area contributed by atoms with Gasteiger partial charge < -0.3 is 20.5 Å². The molecule has 0 aromatic heterocycles. The number of hydrogen-bond donors (Lipinski definition) is 3. The minimum Gasteiger partial charge on any atom is -0.481 e. The molecule has 3 atom stereocenters. The third kappa shape index (κ3) is 6.10. The Kier molecular flexibility index (Phi) is 7.85. The zero-order valence-corrected chi connectivity index (χ0v) is 19.9. The van der Waals surface area contributed by atoms with E-state index in [0.717, 1.165) is 0 Å². The van der Waals surface area contributed by atoms with Crippen LogP contribution >= 0.6 is 0 Å². The van der Waals surface area contributed by atoms with Crippen molar-refractivity contribution in [1.82, 2.24) is 10.6 Å². The first-order valence-corrected chi connectivity index (χ1v) is 12.2. The molecule has 2 aliphatic rings. The second-order valence-electron chi connectivity index (χ2n) is 9.46. The molecule has 0 radical (unpaired) electrons. The predicted octanol–water partition coefficient (Wildman–Crippen LogP) is 4.48. The zero-order valence-electron chi connectivity index (χ0n) is 19.9. The molecule has 0 saturated heterocycles. The van der Waals surface area contributed by atoms with Crippen LogP contribution in [0.25, 0.3) is 11.1 Å². The van der Waals surface area contributed by atoms with Crippen LogP contribution in [0.5, 0.6) is 0 Å². The largest absolute Gasteiger partial charge is 0.481 e. The van der Waals surface area contributed by atoms with Gasteiger partial charge in [0.2, 0.25) is 5.91 Å². The first-order chi connectivity index (χ1) is 16.9. The molecule has 0 saturated carbocycles. The lowest BCUT2D eigenvalue weighted by Crippen LogP contribution is -2.38. The molecule has 184 valence electrons. The summed E-state index contributed by atoms with van der Waals surface area (Å²) in [5.74, 6) is -1.32. The number of carbonyl (C=O) groups excluding carboxylic acids is 2. The van der Waals surface area contributed by atoms with Crippen LogP contribution in [0.2, 0.25) is 0 Å². The second-order valence-corrected chi connectivity index (χ2v) is 9.46. The number of hydrogen-bond acceptors (Lipinski definition) is 4. The van der Waals surface area contributed by atoms with Gasteiger partial charge in [-0.05, 0) is 47.4 Å². The van der Waals surface area contributed by atoms with E-state index in [1.54, 1.807) is 0 Å². The molecule has 4 rings (SSSR count). The Bertz CT molecular complexity index is 1070. The van der Waals surface area contributed by atoms with Gasteiger partial charge in [-0.25, -0.2) is 4.79 Å². The molecule has 0 bridgehead atoms. The Labute approximate surface area is 205 Å². The number of rotatable bonds is 9. The fourth-order valence-electron chi connectivity index (χ4n) is 4.95. The van der Waals surface area contributed by atoms with Crippen molar-refractivity contribution in [3.63, 3.8) is 0 Å². The Morgan fingerprint density at radius 2 is 1.71 bits per heavy atom. The van der Waals surface area contributed by atoms with Crippen LogP contribution in [0.3, 0.4) is 0 Å².